The summed E-state index contributed by atoms with van der Waals surface area (Å²) in [7, 11) is 0. The highest BCUT2D eigenvalue weighted by Gasteiger charge is 2.12. The van der Waals surface area contributed by atoms with E-state index in [2.05, 4.69) is 20.9 Å². The summed E-state index contributed by atoms with van der Waals surface area (Å²) in [4.78, 5) is 3.85. The molecular weight excluding hydrogens is 363 g/mol. The molecule has 1 heterocycles. The van der Waals surface area contributed by atoms with Crippen LogP contribution in [0.1, 0.15) is 5.56 Å². The average Bonchev–Trinajstić information content (AvgIpc) is 2.30. The number of ether oxygens (including phenoxy) is 1. The van der Waals surface area contributed by atoms with Gasteiger partial charge in [0.05, 0.1) is 9.50 Å². The zero-order valence-corrected chi connectivity index (χ0v) is 12.4. The molecule has 0 aliphatic heterocycles. The van der Waals surface area contributed by atoms with Gasteiger partial charge in [-0.3, -0.25) is 0 Å². The first-order chi connectivity index (χ1) is 8.97. The van der Waals surface area contributed by atoms with Crippen LogP contribution < -0.4 is 4.74 Å². The normalized spacial score (nSPS) is 10.6. The summed E-state index contributed by atoms with van der Waals surface area (Å²) >= 11 is 14.6. The maximum absolute atomic E-state index is 13.5. The average molecular weight is 369 g/mol. The molecule has 2 aromatic rings. The molecule has 0 saturated heterocycles. The van der Waals surface area contributed by atoms with Gasteiger partial charge in [-0.15, -0.1) is 0 Å². The van der Waals surface area contributed by atoms with Gasteiger partial charge >= 0.3 is 0 Å². The standard InChI is InChI=1S/C12H6BrCl2F2NO/c13-8-1-7(16)2-10(17)12(8)19-5-6-4-18-11(15)3-9(6)14/h1-4H,5H2. The molecule has 1 aromatic carbocycles. The third kappa shape index (κ3) is 3.55. The number of nitrogens with zero attached hydrogens (tertiary/aromatic N) is 1. The molecular formula is C12H6BrCl2F2NO. The lowest BCUT2D eigenvalue weighted by Crippen LogP contribution is -2.00. The summed E-state index contributed by atoms with van der Waals surface area (Å²) in [5.74, 6) is -1.58. The van der Waals surface area contributed by atoms with Gasteiger partial charge in [0.15, 0.2) is 11.6 Å². The maximum atomic E-state index is 13.5. The number of hydrogen-bond acceptors (Lipinski definition) is 2. The van der Waals surface area contributed by atoms with Crippen LogP contribution in [0.15, 0.2) is 28.9 Å². The number of pyridine rings is 1. The highest BCUT2D eigenvalue weighted by Crippen LogP contribution is 2.30. The number of aromatic nitrogens is 1. The van der Waals surface area contributed by atoms with E-state index in [-0.39, 0.29) is 22.0 Å². The van der Waals surface area contributed by atoms with Crippen LogP contribution in [0.3, 0.4) is 0 Å². The van der Waals surface area contributed by atoms with Gasteiger partial charge in [-0.1, -0.05) is 23.2 Å². The minimum absolute atomic E-state index is 0.00977. The summed E-state index contributed by atoms with van der Waals surface area (Å²) in [6, 6.07) is 3.31. The molecule has 0 spiro atoms. The van der Waals surface area contributed by atoms with Gasteiger partial charge in [-0.2, -0.15) is 0 Å². The molecule has 0 saturated carbocycles. The largest absolute Gasteiger partial charge is 0.485 e. The first-order valence-corrected chi connectivity index (χ1v) is 6.59. The Morgan fingerprint density at radius 3 is 2.58 bits per heavy atom. The molecule has 0 radical (unpaired) electrons. The van der Waals surface area contributed by atoms with Crippen LogP contribution in [0, 0.1) is 11.6 Å². The molecule has 0 aliphatic carbocycles. The van der Waals surface area contributed by atoms with Crippen LogP contribution in [0.4, 0.5) is 8.78 Å². The fraction of sp³-hybridized carbons (Fsp3) is 0.0833. The Balaban J connectivity index is 2.19. The summed E-state index contributed by atoms with van der Waals surface area (Å²) in [5, 5.41) is 0.613. The topological polar surface area (TPSA) is 22.1 Å². The summed E-state index contributed by atoms with van der Waals surface area (Å²) in [5.41, 5.74) is 0.543. The van der Waals surface area contributed by atoms with Crippen molar-refractivity contribution in [1.82, 2.24) is 4.98 Å². The quantitative estimate of drug-likeness (QED) is 0.710. The molecule has 2 nitrogen and oxygen atoms in total. The van der Waals surface area contributed by atoms with Crippen LogP contribution in [0.25, 0.3) is 0 Å². The van der Waals surface area contributed by atoms with Crippen molar-refractivity contribution in [3.8, 4) is 5.75 Å². The van der Waals surface area contributed by atoms with Crippen LogP contribution >= 0.6 is 39.1 Å². The second-order valence-electron chi connectivity index (χ2n) is 3.59. The molecule has 0 aliphatic rings. The second kappa shape index (κ2) is 6.03. The van der Waals surface area contributed by atoms with E-state index in [0.29, 0.717) is 10.6 Å². The van der Waals surface area contributed by atoms with Crippen molar-refractivity contribution >= 4 is 39.1 Å². The third-order valence-electron chi connectivity index (χ3n) is 2.23. The fourth-order valence-corrected chi connectivity index (χ4v) is 2.30. The van der Waals surface area contributed by atoms with Gasteiger partial charge in [-0.05, 0) is 28.1 Å². The molecule has 2 rings (SSSR count). The SMILES string of the molecule is Fc1cc(F)c(OCc2cnc(Cl)cc2Cl)c(Br)c1. The van der Waals surface area contributed by atoms with E-state index in [1.807, 2.05) is 0 Å². The minimum atomic E-state index is -0.801. The molecule has 0 atom stereocenters. The predicted molar refractivity (Wildman–Crippen MR) is 72.6 cm³/mol. The Morgan fingerprint density at radius 2 is 1.95 bits per heavy atom. The van der Waals surface area contributed by atoms with Crippen LogP contribution in [0.2, 0.25) is 10.2 Å². The monoisotopic (exact) mass is 367 g/mol. The molecule has 1 aromatic heterocycles. The molecule has 0 N–H and O–H groups in total. The third-order valence-corrected chi connectivity index (χ3v) is 3.38. The number of hydrogen-bond donors (Lipinski definition) is 0. The molecule has 0 amide bonds. The second-order valence-corrected chi connectivity index (χ2v) is 5.23. The molecule has 100 valence electrons. The van der Waals surface area contributed by atoms with E-state index in [4.69, 9.17) is 27.9 Å². The van der Waals surface area contributed by atoms with Crippen molar-refractivity contribution in [3.63, 3.8) is 0 Å². The molecule has 0 fully saturated rings. The zero-order valence-electron chi connectivity index (χ0n) is 9.26. The Hall–Kier alpha value is -0.910. The van der Waals surface area contributed by atoms with Crippen molar-refractivity contribution in [2.45, 2.75) is 6.61 Å². The van der Waals surface area contributed by atoms with Crippen molar-refractivity contribution in [1.29, 1.82) is 0 Å². The van der Waals surface area contributed by atoms with Crippen molar-refractivity contribution in [3.05, 3.63) is 56.2 Å². The van der Waals surface area contributed by atoms with Gasteiger partial charge in [0.2, 0.25) is 0 Å². The van der Waals surface area contributed by atoms with E-state index < -0.39 is 11.6 Å². The van der Waals surface area contributed by atoms with Crippen LogP contribution in [0.5, 0.6) is 5.75 Å². The van der Waals surface area contributed by atoms with Crippen molar-refractivity contribution in [2.24, 2.45) is 0 Å². The Bertz CT molecular complexity index is 602. The Kier molecular flexibility index (Phi) is 4.60. The smallest absolute Gasteiger partial charge is 0.169 e. The van der Waals surface area contributed by atoms with Crippen molar-refractivity contribution < 1.29 is 13.5 Å². The summed E-state index contributed by atoms with van der Waals surface area (Å²) in [6.07, 6.45) is 1.43. The lowest BCUT2D eigenvalue weighted by Gasteiger charge is -2.10. The highest BCUT2D eigenvalue weighted by atomic mass is 79.9. The first-order valence-electron chi connectivity index (χ1n) is 5.04. The molecule has 0 bridgehead atoms. The van der Waals surface area contributed by atoms with E-state index >= 15 is 0 Å². The molecule has 0 unspecified atom stereocenters. The Labute approximate surface area is 126 Å². The lowest BCUT2D eigenvalue weighted by molar-refractivity contribution is 0.287. The van der Waals surface area contributed by atoms with Gasteiger partial charge in [0.25, 0.3) is 0 Å². The summed E-state index contributed by atoms with van der Waals surface area (Å²) in [6.45, 7) is -0.00977. The van der Waals surface area contributed by atoms with E-state index in [0.717, 1.165) is 12.1 Å². The Morgan fingerprint density at radius 1 is 1.21 bits per heavy atom. The molecule has 19 heavy (non-hydrogen) atoms. The van der Waals surface area contributed by atoms with Gasteiger partial charge < -0.3 is 4.74 Å². The van der Waals surface area contributed by atoms with Gasteiger partial charge in [0, 0.05) is 17.8 Å². The molecule has 7 heteroatoms. The van der Waals surface area contributed by atoms with E-state index in [1.165, 1.54) is 12.3 Å². The number of halogens is 5. The number of rotatable bonds is 3. The predicted octanol–water partition coefficient (Wildman–Crippen LogP) is 5.01. The highest BCUT2D eigenvalue weighted by molar-refractivity contribution is 9.10. The van der Waals surface area contributed by atoms with Crippen LogP contribution in [-0.2, 0) is 6.61 Å². The fourth-order valence-electron chi connectivity index (χ4n) is 1.36. The van der Waals surface area contributed by atoms with E-state index in [1.54, 1.807) is 0 Å². The van der Waals surface area contributed by atoms with Gasteiger partial charge in [-0.25, -0.2) is 13.8 Å². The number of benzene rings is 1. The van der Waals surface area contributed by atoms with Gasteiger partial charge in [0.1, 0.15) is 17.6 Å². The maximum Gasteiger partial charge on any atom is 0.169 e. The first kappa shape index (κ1) is 14.5. The lowest BCUT2D eigenvalue weighted by atomic mass is 10.3. The zero-order chi connectivity index (χ0) is 14.0. The van der Waals surface area contributed by atoms with E-state index in [9.17, 15) is 8.78 Å². The summed E-state index contributed by atoms with van der Waals surface area (Å²) < 4.78 is 31.9. The van der Waals surface area contributed by atoms with Crippen LogP contribution in [-0.4, -0.2) is 4.98 Å². The van der Waals surface area contributed by atoms with Crippen molar-refractivity contribution in [2.75, 3.05) is 0 Å². The minimum Gasteiger partial charge on any atom is -0.485 e.